The van der Waals surface area contributed by atoms with Crippen molar-refractivity contribution in [1.29, 1.82) is 0 Å². The number of nitrogens with zero attached hydrogens (tertiary/aromatic N) is 2. The van der Waals surface area contributed by atoms with Crippen LogP contribution in [0.15, 0.2) is 48.0 Å². The molecule has 0 aliphatic carbocycles. The van der Waals surface area contributed by atoms with E-state index in [4.69, 9.17) is 0 Å². The quantitative estimate of drug-likeness (QED) is 0.0273. The van der Waals surface area contributed by atoms with E-state index in [9.17, 15) is 5.53 Å². The number of allylic oxidation sites excluding steroid dienone is 2. The van der Waals surface area contributed by atoms with E-state index in [2.05, 4.69) is 105 Å². The van der Waals surface area contributed by atoms with Crippen LogP contribution in [0.2, 0.25) is 0 Å². The summed E-state index contributed by atoms with van der Waals surface area (Å²) in [7, 11) is 0. The molecule has 0 radical (unpaired) electrons. The maximum Gasteiger partial charge on any atom is 2.00 e. The molecule has 0 saturated carbocycles. The topological polar surface area (TPSA) is 25.3 Å². The van der Waals surface area contributed by atoms with Crippen molar-refractivity contribution >= 4 is 11.4 Å². The summed E-state index contributed by atoms with van der Waals surface area (Å²) in [5.41, 5.74) is 22.6. The van der Waals surface area contributed by atoms with E-state index in [-0.39, 0.29) is 20.4 Å². The average molecular weight is 1270 g/mol. The fourth-order valence-corrected chi connectivity index (χ4v) is 12.5. The normalized spacial score (nSPS) is 12.1. The smallest absolute Gasteiger partial charge is 0.493 e. The fraction of sp³-hybridized carbons (Fsp3) is 0.780. The van der Waals surface area contributed by atoms with Crippen molar-refractivity contribution in [3.63, 3.8) is 0 Å². The third-order valence-electron chi connectivity index (χ3n) is 18.1. The summed E-state index contributed by atoms with van der Waals surface area (Å²) in [5, 5.41) is 0. The molecule has 2 nitrogen and oxygen atoms in total. The summed E-state index contributed by atoms with van der Waals surface area (Å²) >= 11 is 0. The molecule has 0 bridgehead atoms. The molecule has 0 amide bonds. The van der Waals surface area contributed by atoms with Crippen molar-refractivity contribution in [2.45, 2.75) is 414 Å². The van der Waals surface area contributed by atoms with Gasteiger partial charge in [0, 0.05) is 22.8 Å². The van der Waals surface area contributed by atoms with Gasteiger partial charge in [0.1, 0.15) is 0 Å². The largest absolute Gasteiger partial charge is 2.00 e. The number of aryl methyl sites for hydroxylation is 4. The molecule has 494 valence electrons. The van der Waals surface area contributed by atoms with E-state index < -0.39 is 0 Å². The van der Waals surface area contributed by atoms with Gasteiger partial charge in [-0.05, 0) is 104 Å². The van der Waals surface area contributed by atoms with Gasteiger partial charge in [0.15, 0.2) is 0 Å². The Balaban J connectivity index is 0.00000128. The van der Waals surface area contributed by atoms with E-state index in [1.54, 1.807) is 0 Å². The molecule has 2 aromatic rings. The Morgan fingerprint density at radius 1 is 0.282 bits per heavy atom. The van der Waals surface area contributed by atoms with Crippen LogP contribution in [0.4, 0.5) is 0 Å². The SMILES string of the molecule is CCCCc1cc(CCCC)cc(C2=CC(CC)=C(c3cc(CCCC)cc(CCCC)c3)[N+]2=[N-])c1.[CH2-]CCCCCCCCCCCCCCCCCCCCCCC.[CH2-]CCCCCCCCCCCCCCCCCCCCCCC.[Pd+2]. The van der Waals surface area contributed by atoms with Gasteiger partial charge in [-0.15, -0.1) is 0 Å². The molecule has 0 spiro atoms. The number of hydrogen-bond donors (Lipinski definition) is 0. The Hall–Kier alpha value is -1.82. The minimum absolute atomic E-state index is 0. The van der Waals surface area contributed by atoms with E-state index in [1.807, 2.05) is 0 Å². The summed E-state index contributed by atoms with van der Waals surface area (Å²) in [6, 6.07) is 14.0. The van der Waals surface area contributed by atoms with Gasteiger partial charge in [-0.25, -0.2) is 4.70 Å². The van der Waals surface area contributed by atoms with E-state index >= 15 is 0 Å². The second-order valence-corrected chi connectivity index (χ2v) is 26.4. The molecular formula is C82H146N2Pd. The molecule has 0 fully saturated rings. The third kappa shape index (κ3) is 46.9. The first-order valence-corrected chi connectivity index (χ1v) is 38.2. The van der Waals surface area contributed by atoms with Crippen molar-refractivity contribution in [2.24, 2.45) is 0 Å². The maximum absolute atomic E-state index is 11.6. The zero-order chi connectivity index (χ0) is 61.0. The van der Waals surface area contributed by atoms with Crippen LogP contribution < -0.4 is 0 Å². The van der Waals surface area contributed by atoms with Crippen molar-refractivity contribution in [2.75, 3.05) is 0 Å². The van der Waals surface area contributed by atoms with Gasteiger partial charge in [0.05, 0.1) is 0 Å². The second kappa shape index (κ2) is 63.7. The van der Waals surface area contributed by atoms with Crippen LogP contribution in [0, 0.1) is 13.8 Å². The summed E-state index contributed by atoms with van der Waals surface area (Å²) in [5.74, 6) is 0. The third-order valence-corrected chi connectivity index (χ3v) is 18.1. The van der Waals surface area contributed by atoms with Crippen LogP contribution in [0.5, 0.6) is 0 Å². The van der Waals surface area contributed by atoms with Gasteiger partial charge in [-0.1, -0.05) is 356 Å². The van der Waals surface area contributed by atoms with Crippen molar-refractivity contribution < 1.29 is 25.1 Å². The fourth-order valence-electron chi connectivity index (χ4n) is 12.5. The van der Waals surface area contributed by atoms with Crippen molar-refractivity contribution in [3.05, 3.63) is 101 Å². The van der Waals surface area contributed by atoms with Crippen LogP contribution in [0.3, 0.4) is 0 Å². The van der Waals surface area contributed by atoms with E-state index in [0.29, 0.717) is 0 Å². The molecule has 1 aliphatic heterocycles. The Morgan fingerprint density at radius 2 is 0.494 bits per heavy atom. The molecule has 2 aromatic carbocycles. The first-order valence-electron chi connectivity index (χ1n) is 38.2. The molecule has 3 heteroatoms. The van der Waals surface area contributed by atoms with Crippen molar-refractivity contribution in [1.82, 2.24) is 0 Å². The zero-order valence-electron chi connectivity index (χ0n) is 58.5. The molecule has 0 unspecified atom stereocenters. The summed E-state index contributed by atoms with van der Waals surface area (Å²) < 4.78 is 1.49. The minimum Gasteiger partial charge on any atom is -0.493 e. The molecule has 3 rings (SSSR count). The minimum atomic E-state index is 0. The van der Waals surface area contributed by atoms with Gasteiger partial charge in [0.2, 0.25) is 11.4 Å². The van der Waals surface area contributed by atoms with Crippen LogP contribution in [0.25, 0.3) is 16.9 Å². The van der Waals surface area contributed by atoms with E-state index in [0.717, 1.165) is 67.5 Å². The monoisotopic (exact) mass is 1270 g/mol. The molecule has 1 heterocycles. The van der Waals surface area contributed by atoms with Gasteiger partial charge >= 0.3 is 20.4 Å². The van der Waals surface area contributed by atoms with Crippen LogP contribution in [0.1, 0.15) is 422 Å². The molecule has 85 heavy (non-hydrogen) atoms. The molecule has 0 N–H and O–H groups in total. The Bertz CT molecular complexity index is 1680. The summed E-state index contributed by atoms with van der Waals surface area (Å²) in [6.07, 6.45) is 80.7. The first kappa shape index (κ1) is 83.2. The average Bonchev–Trinajstić information content (AvgIpc) is 3.96. The molecular weight excluding hydrogens is 1120 g/mol. The Kier molecular flexibility index (Phi) is 62.4. The van der Waals surface area contributed by atoms with Crippen LogP contribution >= 0.6 is 0 Å². The number of benzene rings is 2. The van der Waals surface area contributed by atoms with Gasteiger partial charge < -0.3 is 19.4 Å². The first-order chi connectivity index (χ1) is 41.4. The molecule has 0 atom stereocenters. The zero-order valence-corrected chi connectivity index (χ0v) is 60.0. The van der Waals surface area contributed by atoms with Gasteiger partial charge in [0.25, 0.3) is 0 Å². The van der Waals surface area contributed by atoms with Crippen LogP contribution in [-0.2, 0) is 46.1 Å². The van der Waals surface area contributed by atoms with E-state index in [1.165, 1.54) is 354 Å². The van der Waals surface area contributed by atoms with Gasteiger partial charge in [-0.3, -0.25) is 0 Å². The molecule has 0 saturated heterocycles. The Morgan fingerprint density at radius 3 is 0.706 bits per heavy atom. The Labute approximate surface area is 548 Å². The van der Waals surface area contributed by atoms with Crippen LogP contribution in [-0.4, -0.2) is 4.70 Å². The number of unbranched alkanes of at least 4 members (excludes halogenated alkanes) is 46. The maximum atomic E-state index is 11.6. The number of rotatable bonds is 57. The molecule has 0 aromatic heterocycles. The van der Waals surface area contributed by atoms with Gasteiger partial charge in [-0.2, -0.15) is 12.8 Å². The van der Waals surface area contributed by atoms with Crippen molar-refractivity contribution in [3.8, 4) is 0 Å². The molecule has 1 aliphatic rings. The summed E-state index contributed by atoms with van der Waals surface area (Å²) in [6.45, 7) is 23.6. The standard InChI is InChI=1S/C34H48N2.2C24H49.Pd/c1-6-11-15-26-19-27(16-12-7-2)22-31(21-26)33-25-30(10-5)34(36(33)35)32-23-28(17-13-8-3)20-29(24-32)18-14-9-4;2*1-3-5-7-9-11-13-15-17-19-21-23-24-22-20-18-16-14-12-10-8-6-4-2;/h19-25H,6-18H2,1-5H3;2*1,3-24H2,2H3;/q;2*-1;+2. The summed E-state index contributed by atoms with van der Waals surface area (Å²) in [4.78, 5) is 0. The predicted octanol–water partition coefficient (Wildman–Crippen LogP) is 29.1. The second-order valence-electron chi connectivity index (χ2n) is 26.4. The predicted molar refractivity (Wildman–Crippen MR) is 381 cm³/mol. The number of hydrogen-bond acceptors (Lipinski definition) is 0.